The second kappa shape index (κ2) is 7.54. The van der Waals surface area contributed by atoms with Gasteiger partial charge >= 0.3 is 0 Å². The van der Waals surface area contributed by atoms with Gasteiger partial charge in [0.25, 0.3) is 0 Å². The largest absolute Gasteiger partial charge is 0.382 e. The molecule has 1 heterocycles. The van der Waals surface area contributed by atoms with Crippen molar-refractivity contribution in [3.8, 4) is 0 Å². The molecule has 1 N–H and O–H groups in total. The third-order valence-corrected chi connectivity index (χ3v) is 3.46. The highest BCUT2D eigenvalue weighted by Crippen LogP contribution is 2.12. The minimum absolute atomic E-state index is 0.283. The lowest BCUT2D eigenvalue weighted by Gasteiger charge is -2.20. The molecule has 0 radical (unpaired) electrons. The molecular weight excluding hydrogens is 226 g/mol. The molecule has 0 saturated heterocycles. The topological polar surface area (TPSA) is 39.1 Å². The zero-order valence-corrected chi connectivity index (χ0v) is 12.4. The minimum atomic E-state index is 0.283. The second-order valence-electron chi connectivity index (χ2n) is 4.77. The lowest BCUT2D eigenvalue weighted by Crippen LogP contribution is -2.32. The molecule has 0 aliphatic rings. The molecule has 0 saturated carbocycles. The van der Waals surface area contributed by atoms with Crippen LogP contribution in [0.2, 0.25) is 0 Å². The van der Waals surface area contributed by atoms with Crippen LogP contribution < -0.4 is 5.32 Å². The molecular formula is C14H27N3O. The van der Waals surface area contributed by atoms with Crippen molar-refractivity contribution in [3.05, 3.63) is 17.5 Å². The molecule has 0 aromatic carbocycles. The summed E-state index contributed by atoms with van der Waals surface area (Å²) in [4.78, 5) is 0. The summed E-state index contributed by atoms with van der Waals surface area (Å²) in [5.74, 6) is 0. The van der Waals surface area contributed by atoms with Crippen LogP contribution in [-0.4, -0.2) is 36.1 Å². The number of ether oxygens (including phenoxy) is 1. The van der Waals surface area contributed by atoms with Crippen LogP contribution in [0.1, 0.15) is 38.6 Å². The SMILES string of the molecule is CCc1cc(CC(CC(C)OC)NC)n(CC)n1. The molecule has 0 fully saturated rings. The predicted octanol–water partition coefficient (Wildman–Crippen LogP) is 2.02. The monoisotopic (exact) mass is 253 g/mol. The van der Waals surface area contributed by atoms with E-state index in [1.807, 2.05) is 7.05 Å². The van der Waals surface area contributed by atoms with Gasteiger partial charge in [-0.2, -0.15) is 5.10 Å². The molecule has 0 bridgehead atoms. The van der Waals surface area contributed by atoms with Gasteiger partial charge in [-0.15, -0.1) is 0 Å². The summed E-state index contributed by atoms with van der Waals surface area (Å²) in [7, 11) is 3.78. The molecule has 4 nitrogen and oxygen atoms in total. The molecule has 0 amide bonds. The Hall–Kier alpha value is -0.870. The number of rotatable bonds is 8. The van der Waals surface area contributed by atoms with Crippen LogP contribution in [0.5, 0.6) is 0 Å². The highest BCUT2D eigenvalue weighted by atomic mass is 16.5. The quantitative estimate of drug-likeness (QED) is 0.770. The standard InChI is InChI=1S/C14H27N3O/c1-6-12-9-14(17(7-2)16-12)10-13(15-4)8-11(3)18-5/h9,11,13,15H,6-8,10H2,1-5H3. The van der Waals surface area contributed by atoms with Gasteiger partial charge in [-0.3, -0.25) is 4.68 Å². The van der Waals surface area contributed by atoms with Gasteiger partial charge in [-0.25, -0.2) is 0 Å². The number of aryl methyl sites for hydroxylation is 2. The normalized spacial score (nSPS) is 14.7. The number of hydrogen-bond donors (Lipinski definition) is 1. The number of hydrogen-bond acceptors (Lipinski definition) is 3. The summed E-state index contributed by atoms with van der Waals surface area (Å²) in [5.41, 5.74) is 2.50. The first kappa shape index (κ1) is 15.2. The van der Waals surface area contributed by atoms with E-state index in [1.54, 1.807) is 7.11 Å². The first-order valence-corrected chi connectivity index (χ1v) is 6.90. The smallest absolute Gasteiger partial charge is 0.0624 e. The van der Waals surface area contributed by atoms with Crippen molar-refractivity contribution in [2.24, 2.45) is 0 Å². The highest BCUT2D eigenvalue weighted by molar-refractivity contribution is 5.12. The van der Waals surface area contributed by atoms with Crippen LogP contribution >= 0.6 is 0 Å². The number of aromatic nitrogens is 2. The van der Waals surface area contributed by atoms with E-state index in [4.69, 9.17) is 4.74 Å². The zero-order chi connectivity index (χ0) is 13.5. The van der Waals surface area contributed by atoms with E-state index in [9.17, 15) is 0 Å². The van der Waals surface area contributed by atoms with Crippen molar-refractivity contribution in [3.63, 3.8) is 0 Å². The van der Waals surface area contributed by atoms with Crippen LogP contribution in [0.4, 0.5) is 0 Å². The van der Waals surface area contributed by atoms with E-state index < -0.39 is 0 Å². The fourth-order valence-electron chi connectivity index (χ4n) is 2.18. The van der Waals surface area contributed by atoms with Crippen molar-refractivity contribution in [2.75, 3.05) is 14.2 Å². The van der Waals surface area contributed by atoms with Gasteiger partial charge in [0.15, 0.2) is 0 Å². The van der Waals surface area contributed by atoms with Crippen molar-refractivity contribution in [1.29, 1.82) is 0 Å². The maximum atomic E-state index is 5.34. The van der Waals surface area contributed by atoms with E-state index in [0.717, 1.165) is 25.8 Å². The first-order valence-electron chi connectivity index (χ1n) is 6.90. The first-order chi connectivity index (χ1) is 8.64. The summed E-state index contributed by atoms with van der Waals surface area (Å²) in [5, 5.41) is 7.96. The molecule has 104 valence electrons. The summed E-state index contributed by atoms with van der Waals surface area (Å²) >= 11 is 0. The van der Waals surface area contributed by atoms with Crippen LogP contribution in [0.25, 0.3) is 0 Å². The average molecular weight is 253 g/mol. The molecule has 2 atom stereocenters. The Balaban J connectivity index is 2.71. The Bertz CT molecular complexity index is 349. The van der Waals surface area contributed by atoms with Crippen LogP contribution in [-0.2, 0) is 24.1 Å². The van der Waals surface area contributed by atoms with E-state index >= 15 is 0 Å². The Labute approximate surface area is 111 Å². The lowest BCUT2D eigenvalue weighted by atomic mass is 10.0. The lowest BCUT2D eigenvalue weighted by molar-refractivity contribution is 0.101. The molecule has 4 heteroatoms. The molecule has 18 heavy (non-hydrogen) atoms. The van der Waals surface area contributed by atoms with Crippen molar-refractivity contribution in [2.45, 2.75) is 58.7 Å². The van der Waals surface area contributed by atoms with Gasteiger partial charge < -0.3 is 10.1 Å². The van der Waals surface area contributed by atoms with Crippen LogP contribution in [0.15, 0.2) is 6.07 Å². The Kier molecular flexibility index (Phi) is 6.36. The molecule has 1 aromatic heterocycles. The van der Waals surface area contributed by atoms with Crippen molar-refractivity contribution in [1.82, 2.24) is 15.1 Å². The van der Waals surface area contributed by atoms with Crippen LogP contribution in [0.3, 0.4) is 0 Å². The Morgan fingerprint density at radius 3 is 2.67 bits per heavy atom. The number of methoxy groups -OCH3 is 1. The predicted molar refractivity (Wildman–Crippen MR) is 74.9 cm³/mol. The van der Waals surface area contributed by atoms with Gasteiger partial charge in [-0.05, 0) is 39.8 Å². The van der Waals surface area contributed by atoms with Crippen molar-refractivity contribution < 1.29 is 4.74 Å². The maximum absolute atomic E-state index is 5.34. The summed E-state index contributed by atoms with van der Waals surface area (Å²) in [6, 6.07) is 2.66. The number of nitrogens with zero attached hydrogens (tertiary/aromatic N) is 2. The second-order valence-corrected chi connectivity index (χ2v) is 4.77. The van der Waals surface area contributed by atoms with Gasteiger partial charge in [0.1, 0.15) is 0 Å². The third-order valence-electron chi connectivity index (χ3n) is 3.46. The van der Waals surface area contributed by atoms with E-state index in [1.165, 1.54) is 11.4 Å². The molecule has 1 rings (SSSR count). The van der Waals surface area contributed by atoms with Gasteiger partial charge in [0.05, 0.1) is 11.8 Å². The van der Waals surface area contributed by atoms with Crippen LogP contribution in [0, 0.1) is 0 Å². The van der Waals surface area contributed by atoms with E-state index in [-0.39, 0.29) is 6.10 Å². The van der Waals surface area contributed by atoms with E-state index in [2.05, 4.69) is 41.9 Å². The van der Waals surface area contributed by atoms with Gasteiger partial charge in [-0.1, -0.05) is 6.92 Å². The van der Waals surface area contributed by atoms with Gasteiger partial charge in [0.2, 0.25) is 0 Å². The van der Waals surface area contributed by atoms with Gasteiger partial charge in [0, 0.05) is 31.8 Å². The zero-order valence-electron chi connectivity index (χ0n) is 12.4. The molecule has 0 aliphatic heterocycles. The summed E-state index contributed by atoms with van der Waals surface area (Å²) in [6.07, 6.45) is 3.30. The fourth-order valence-corrected chi connectivity index (χ4v) is 2.18. The highest BCUT2D eigenvalue weighted by Gasteiger charge is 2.15. The molecule has 1 aromatic rings. The fraction of sp³-hybridized carbons (Fsp3) is 0.786. The summed E-state index contributed by atoms with van der Waals surface area (Å²) in [6.45, 7) is 7.33. The number of likely N-dealkylation sites (N-methyl/N-ethyl adjacent to an activating group) is 1. The number of nitrogens with one attached hydrogen (secondary N) is 1. The molecule has 2 unspecified atom stereocenters. The average Bonchev–Trinajstić information content (AvgIpc) is 2.79. The Morgan fingerprint density at radius 1 is 1.44 bits per heavy atom. The summed E-state index contributed by atoms with van der Waals surface area (Å²) < 4.78 is 7.45. The third kappa shape index (κ3) is 4.10. The van der Waals surface area contributed by atoms with Crippen molar-refractivity contribution >= 4 is 0 Å². The Morgan fingerprint density at radius 2 is 2.17 bits per heavy atom. The van der Waals surface area contributed by atoms with E-state index in [0.29, 0.717) is 6.04 Å². The molecule has 0 aliphatic carbocycles. The maximum Gasteiger partial charge on any atom is 0.0624 e. The molecule has 0 spiro atoms. The minimum Gasteiger partial charge on any atom is -0.382 e.